The van der Waals surface area contributed by atoms with E-state index in [9.17, 15) is 9.59 Å². The summed E-state index contributed by atoms with van der Waals surface area (Å²) in [6.07, 6.45) is -0.0810. The van der Waals surface area contributed by atoms with Crippen LogP contribution in [-0.2, 0) is 30.3 Å². The van der Waals surface area contributed by atoms with Crippen LogP contribution in [0.3, 0.4) is 0 Å². The SMILES string of the molecule is CC(C)C[C@H](NC(=O)OCc1ccccc1)C(=O)N1CCOCCOCCOCC1. The molecule has 0 radical (unpaired) electrons. The number of amides is 2. The Labute approximate surface area is 178 Å². The zero-order valence-electron chi connectivity index (χ0n) is 18.0. The van der Waals surface area contributed by atoms with Crippen LogP contribution in [0.25, 0.3) is 0 Å². The van der Waals surface area contributed by atoms with E-state index in [4.69, 9.17) is 18.9 Å². The Bertz CT molecular complexity index is 613. The molecular formula is C22H34N2O6. The lowest BCUT2D eigenvalue weighted by Gasteiger charge is -2.29. The largest absolute Gasteiger partial charge is 0.445 e. The monoisotopic (exact) mass is 422 g/mol. The molecule has 2 rings (SSSR count). The van der Waals surface area contributed by atoms with Crippen LogP contribution in [0.15, 0.2) is 30.3 Å². The van der Waals surface area contributed by atoms with Crippen molar-refractivity contribution in [1.82, 2.24) is 10.2 Å². The Morgan fingerprint density at radius 1 is 0.967 bits per heavy atom. The van der Waals surface area contributed by atoms with Crippen molar-refractivity contribution in [1.29, 1.82) is 0 Å². The third kappa shape index (κ3) is 9.56. The molecule has 0 aromatic heterocycles. The summed E-state index contributed by atoms with van der Waals surface area (Å²) in [4.78, 5) is 27.2. The van der Waals surface area contributed by atoms with Gasteiger partial charge >= 0.3 is 6.09 Å². The number of benzene rings is 1. The third-order valence-corrected chi connectivity index (χ3v) is 4.58. The van der Waals surface area contributed by atoms with Gasteiger partial charge in [0.2, 0.25) is 5.91 Å². The minimum absolute atomic E-state index is 0.152. The first-order valence-electron chi connectivity index (χ1n) is 10.6. The van der Waals surface area contributed by atoms with E-state index in [0.29, 0.717) is 59.2 Å². The van der Waals surface area contributed by atoms with Crippen LogP contribution in [0.5, 0.6) is 0 Å². The average Bonchev–Trinajstić information content (AvgIpc) is 2.72. The Kier molecular flexibility index (Phi) is 11.2. The van der Waals surface area contributed by atoms with Gasteiger partial charge in [-0.15, -0.1) is 0 Å². The van der Waals surface area contributed by atoms with Gasteiger partial charge in [0.25, 0.3) is 0 Å². The van der Waals surface area contributed by atoms with E-state index in [1.54, 1.807) is 4.90 Å². The third-order valence-electron chi connectivity index (χ3n) is 4.58. The maximum Gasteiger partial charge on any atom is 0.408 e. The highest BCUT2D eigenvalue weighted by atomic mass is 16.6. The molecule has 0 bridgehead atoms. The highest BCUT2D eigenvalue weighted by Crippen LogP contribution is 2.10. The molecule has 0 unspecified atom stereocenters. The molecule has 1 aromatic rings. The number of rotatable bonds is 6. The zero-order valence-corrected chi connectivity index (χ0v) is 18.0. The van der Waals surface area contributed by atoms with Crippen LogP contribution in [0.2, 0.25) is 0 Å². The van der Waals surface area contributed by atoms with Crippen LogP contribution in [0.1, 0.15) is 25.8 Å². The maximum atomic E-state index is 13.2. The summed E-state index contributed by atoms with van der Waals surface area (Å²) in [5, 5.41) is 2.75. The standard InChI is InChI=1S/C22H34N2O6/c1-18(2)16-20(23-22(26)30-17-19-6-4-3-5-7-19)21(25)24-8-10-27-12-14-29-15-13-28-11-9-24/h3-7,18,20H,8-17H2,1-2H3,(H,23,26)/t20-/m0/s1. The van der Waals surface area contributed by atoms with Gasteiger partial charge in [-0.1, -0.05) is 44.2 Å². The summed E-state index contributed by atoms with van der Waals surface area (Å²) >= 11 is 0. The van der Waals surface area contributed by atoms with Crippen LogP contribution in [0, 0.1) is 5.92 Å². The van der Waals surface area contributed by atoms with Crippen molar-refractivity contribution in [3.05, 3.63) is 35.9 Å². The Balaban J connectivity index is 1.94. The van der Waals surface area contributed by atoms with Gasteiger partial charge in [-0.25, -0.2) is 4.79 Å². The fraction of sp³-hybridized carbons (Fsp3) is 0.636. The molecule has 1 saturated heterocycles. The molecule has 1 aromatic carbocycles. The summed E-state index contributed by atoms with van der Waals surface area (Å²) in [5.41, 5.74) is 0.890. The number of nitrogens with one attached hydrogen (secondary N) is 1. The molecule has 1 heterocycles. The van der Waals surface area contributed by atoms with Crippen molar-refractivity contribution in [3.8, 4) is 0 Å². The second-order valence-corrected chi connectivity index (χ2v) is 7.55. The number of alkyl carbamates (subject to hydrolysis) is 1. The second kappa shape index (κ2) is 14.0. The predicted octanol–water partition coefficient (Wildman–Crippen LogP) is 2.22. The lowest BCUT2D eigenvalue weighted by atomic mass is 10.0. The van der Waals surface area contributed by atoms with Crippen LogP contribution < -0.4 is 5.32 Å². The summed E-state index contributed by atoms with van der Waals surface area (Å²) in [6.45, 7) is 7.80. The quantitative estimate of drug-likeness (QED) is 0.757. The Morgan fingerprint density at radius 3 is 2.10 bits per heavy atom. The number of hydrogen-bond donors (Lipinski definition) is 1. The summed E-state index contributed by atoms with van der Waals surface area (Å²) < 4.78 is 21.8. The van der Waals surface area contributed by atoms with E-state index in [0.717, 1.165) is 5.56 Å². The normalized spacial score (nSPS) is 17.5. The Morgan fingerprint density at radius 2 is 1.53 bits per heavy atom. The smallest absolute Gasteiger partial charge is 0.408 e. The lowest BCUT2D eigenvalue weighted by molar-refractivity contribution is -0.135. The minimum atomic E-state index is -0.662. The summed E-state index contributed by atoms with van der Waals surface area (Å²) in [6, 6.07) is 8.77. The van der Waals surface area contributed by atoms with Gasteiger partial charge in [-0.05, 0) is 17.9 Å². The molecule has 30 heavy (non-hydrogen) atoms. The van der Waals surface area contributed by atoms with Crippen LogP contribution in [-0.4, -0.2) is 75.7 Å². The van der Waals surface area contributed by atoms with Gasteiger partial charge in [0.05, 0.1) is 39.6 Å². The van der Waals surface area contributed by atoms with E-state index in [1.165, 1.54) is 0 Å². The van der Waals surface area contributed by atoms with Crippen molar-refractivity contribution < 1.29 is 28.5 Å². The van der Waals surface area contributed by atoms with E-state index in [2.05, 4.69) is 5.32 Å². The van der Waals surface area contributed by atoms with Gasteiger partial charge in [-0.3, -0.25) is 4.79 Å². The predicted molar refractivity (Wildman–Crippen MR) is 112 cm³/mol. The minimum Gasteiger partial charge on any atom is -0.445 e. The molecule has 8 nitrogen and oxygen atoms in total. The van der Waals surface area contributed by atoms with Crippen molar-refractivity contribution in [3.63, 3.8) is 0 Å². The number of ether oxygens (including phenoxy) is 4. The number of carbonyl (C=O) groups excluding carboxylic acids is 2. The van der Waals surface area contributed by atoms with Gasteiger partial charge in [-0.2, -0.15) is 0 Å². The first kappa shape index (κ1) is 24.1. The van der Waals surface area contributed by atoms with Crippen molar-refractivity contribution in [2.24, 2.45) is 5.92 Å². The molecule has 1 aliphatic heterocycles. The number of hydrogen-bond acceptors (Lipinski definition) is 6. The molecule has 2 amide bonds. The van der Waals surface area contributed by atoms with Crippen molar-refractivity contribution in [2.75, 3.05) is 52.7 Å². The molecule has 1 aliphatic rings. The first-order valence-corrected chi connectivity index (χ1v) is 10.6. The topological polar surface area (TPSA) is 86.3 Å². The van der Waals surface area contributed by atoms with E-state index < -0.39 is 12.1 Å². The molecule has 1 atom stereocenters. The molecular weight excluding hydrogens is 388 g/mol. The molecule has 1 N–H and O–H groups in total. The molecule has 8 heteroatoms. The molecule has 0 saturated carbocycles. The van der Waals surface area contributed by atoms with Gasteiger partial charge in [0.15, 0.2) is 0 Å². The average molecular weight is 423 g/mol. The lowest BCUT2D eigenvalue weighted by Crippen LogP contribution is -2.51. The van der Waals surface area contributed by atoms with Crippen molar-refractivity contribution in [2.45, 2.75) is 32.9 Å². The molecule has 0 aliphatic carbocycles. The first-order chi connectivity index (χ1) is 14.6. The van der Waals surface area contributed by atoms with E-state index in [-0.39, 0.29) is 18.4 Å². The maximum absolute atomic E-state index is 13.2. The Hall–Kier alpha value is -2.16. The molecule has 168 valence electrons. The van der Waals surface area contributed by atoms with Gasteiger partial charge in [0, 0.05) is 13.1 Å². The van der Waals surface area contributed by atoms with Gasteiger partial charge in [0.1, 0.15) is 12.6 Å². The van der Waals surface area contributed by atoms with Crippen LogP contribution >= 0.6 is 0 Å². The van der Waals surface area contributed by atoms with E-state index in [1.807, 2.05) is 44.2 Å². The highest BCUT2D eigenvalue weighted by molar-refractivity contribution is 5.85. The molecule has 0 spiro atoms. The fourth-order valence-corrected chi connectivity index (χ4v) is 3.04. The summed E-state index contributed by atoms with van der Waals surface area (Å²) in [5.74, 6) is 0.0753. The molecule has 1 fully saturated rings. The number of carbonyl (C=O) groups is 2. The zero-order chi connectivity index (χ0) is 21.6. The van der Waals surface area contributed by atoms with E-state index >= 15 is 0 Å². The van der Waals surface area contributed by atoms with Gasteiger partial charge < -0.3 is 29.2 Å². The number of nitrogens with zero attached hydrogens (tertiary/aromatic N) is 1. The van der Waals surface area contributed by atoms with Crippen molar-refractivity contribution >= 4 is 12.0 Å². The highest BCUT2D eigenvalue weighted by Gasteiger charge is 2.27. The fourth-order valence-electron chi connectivity index (χ4n) is 3.04. The van der Waals surface area contributed by atoms with Crippen LogP contribution in [0.4, 0.5) is 4.79 Å². The summed E-state index contributed by atoms with van der Waals surface area (Å²) in [7, 11) is 0. The second-order valence-electron chi connectivity index (χ2n) is 7.55.